The van der Waals surface area contributed by atoms with E-state index in [1.807, 2.05) is 24.3 Å². The van der Waals surface area contributed by atoms with Crippen LogP contribution in [0.2, 0.25) is 5.02 Å². The molecular formula is C19H19ClN2O3S. The molecule has 1 aromatic heterocycles. The van der Waals surface area contributed by atoms with Crippen LogP contribution in [-0.4, -0.2) is 36.1 Å². The van der Waals surface area contributed by atoms with Gasteiger partial charge in [0.15, 0.2) is 5.16 Å². The zero-order chi connectivity index (χ0) is 18.5. The summed E-state index contributed by atoms with van der Waals surface area (Å²) in [6.07, 6.45) is 0.858. The molecule has 1 heterocycles. The van der Waals surface area contributed by atoms with Crippen LogP contribution >= 0.6 is 23.4 Å². The molecule has 3 aromatic rings. The van der Waals surface area contributed by atoms with Crippen LogP contribution in [0.25, 0.3) is 16.6 Å². The molecule has 0 aliphatic carbocycles. The summed E-state index contributed by atoms with van der Waals surface area (Å²) in [6, 6.07) is 12.5. The van der Waals surface area contributed by atoms with Crippen molar-refractivity contribution in [1.82, 2.24) is 9.55 Å². The van der Waals surface area contributed by atoms with Gasteiger partial charge in [0.25, 0.3) is 5.56 Å². The van der Waals surface area contributed by atoms with Crippen LogP contribution in [0.15, 0.2) is 52.4 Å². The number of benzene rings is 2. The number of nitrogens with zero attached hydrogens (tertiary/aromatic N) is 2. The van der Waals surface area contributed by atoms with Crippen molar-refractivity contribution in [1.29, 1.82) is 0 Å². The van der Waals surface area contributed by atoms with E-state index in [-0.39, 0.29) is 5.56 Å². The highest BCUT2D eigenvalue weighted by molar-refractivity contribution is 7.99. The molecule has 0 aliphatic heterocycles. The zero-order valence-electron chi connectivity index (χ0n) is 14.6. The summed E-state index contributed by atoms with van der Waals surface area (Å²) in [5, 5.41) is 1.67. The fourth-order valence-electron chi connectivity index (χ4n) is 2.63. The third kappa shape index (κ3) is 3.87. The van der Waals surface area contributed by atoms with E-state index in [9.17, 15) is 4.79 Å². The number of halogens is 1. The first-order chi connectivity index (χ1) is 12.7. The van der Waals surface area contributed by atoms with Gasteiger partial charge in [0.05, 0.1) is 23.7 Å². The summed E-state index contributed by atoms with van der Waals surface area (Å²) in [4.78, 5) is 17.9. The number of hydrogen-bond donors (Lipinski definition) is 0. The first-order valence-corrected chi connectivity index (χ1v) is 9.49. The highest BCUT2D eigenvalue weighted by Gasteiger charge is 2.16. The fourth-order valence-corrected chi connectivity index (χ4v) is 3.71. The van der Waals surface area contributed by atoms with E-state index in [0.717, 1.165) is 12.2 Å². The van der Waals surface area contributed by atoms with E-state index < -0.39 is 0 Å². The minimum Gasteiger partial charge on any atom is -0.495 e. The van der Waals surface area contributed by atoms with Gasteiger partial charge in [-0.15, -0.1) is 0 Å². The van der Waals surface area contributed by atoms with Crippen molar-refractivity contribution in [2.24, 2.45) is 0 Å². The van der Waals surface area contributed by atoms with Crippen LogP contribution in [0.3, 0.4) is 0 Å². The van der Waals surface area contributed by atoms with Crippen molar-refractivity contribution in [3.05, 3.63) is 57.8 Å². The first-order valence-electron chi connectivity index (χ1n) is 8.13. The topological polar surface area (TPSA) is 53.3 Å². The second kappa shape index (κ2) is 8.58. The van der Waals surface area contributed by atoms with Gasteiger partial charge in [-0.25, -0.2) is 4.98 Å². The van der Waals surface area contributed by atoms with Gasteiger partial charge in [0, 0.05) is 24.5 Å². The predicted molar refractivity (Wildman–Crippen MR) is 106 cm³/mol. The van der Waals surface area contributed by atoms with E-state index in [4.69, 9.17) is 26.1 Å². The SMILES string of the molecule is COCCCSc1nc2cc(Cl)ccc2c(=O)n1-c1ccccc1OC. The number of rotatable bonds is 7. The third-order valence-electron chi connectivity index (χ3n) is 3.85. The molecule has 0 radical (unpaired) electrons. The molecule has 136 valence electrons. The molecule has 0 bridgehead atoms. The average molecular weight is 391 g/mol. The Labute approximate surface area is 160 Å². The van der Waals surface area contributed by atoms with Crippen LogP contribution in [0.4, 0.5) is 0 Å². The zero-order valence-corrected chi connectivity index (χ0v) is 16.1. The summed E-state index contributed by atoms with van der Waals surface area (Å²) < 4.78 is 12.2. The van der Waals surface area contributed by atoms with Crippen molar-refractivity contribution in [3.8, 4) is 11.4 Å². The van der Waals surface area contributed by atoms with Gasteiger partial charge in [0.2, 0.25) is 0 Å². The molecule has 3 rings (SSSR count). The second-order valence-electron chi connectivity index (χ2n) is 5.56. The van der Waals surface area contributed by atoms with Crippen molar-refractivity contribution in [2.75, 3.05) is 26.6 Å². The molecule has 0 atom stereocenters. The van der Waals surface area contributed by atoms with Gasteiger partial charge in [0.1, 0.15) is 5.75 Å². The van der Waals surface area contributed by atoms with Gasteiger partial charge in [-0.3, -0.25) is 9.36 Å². The van der Waals surface area contributed by atoms with Crippen molar-refractivity contribution in [3.63, 3.8) is 0 Å². The van der Waals surface area contributed by atoms with Crippen LogP contribution in [0.5, 0.6) is 5.75 Å². The number of aromatic nitrogens is 2. The Morgan fingerprint density at radius 1 is 1.19 bits per heavy atom. The standard InChI is InChI=1S/C19H19ClN2O3S/c1-24-10-5-11-26-19-21-15-12-13(20)8-9-14(15)18(23)22(19)16-6-3-4-7-17(16)25-2/h3-4,6-9,12H,5,10-11H2,1-2H3. The van der Waals surface area contributed by atoms with E-state index in [0.29, 0.717) is 39.1 Å². The number of ether oxygens (including phenoxy) is 2. The largest absolute Gasteiger partial charge is 0.495 e. The Kier molecular flexibility index (Phi) is 6.19. The van der Waals surface area contributed by atoms with Gasteiger partial charge >= 0.3 is 0 Å². The molecule has 0 fully saturated rings. The summed E-state index contributed by atoms with van der Waals surface area (Å²) >= 11 is 7.59. The molecule has 0 spiro atoms. The fraction of sp³-hybridized carbons (Fsp3) is 0.263. The van der Waals surface area contributed by atoms with E-state index in [1.54, 1.807) is 37.0 Å². The summed E-state index contributed by atoms with van der Waals surface area (Å²) in [6.45, 7) is 0.658. The predicted octanol–water partition coefficient (Wildman–Crippen LogP) is 4.18. The summed E-state index contributed by atoms with van der Waals surface area (Å²) in [5.41, 5.74) is 1.10. The van der Waals surface area contributed by atoms with Crippen LogP contribution in [-0.2, 0) is 4.74 Å². The van der Waals surface area contributed by atoms with Crippen molar-refractivity contribution < 1.29 is 9.47 Å². The van der Waals surface area contributed by atoms with Crippen LogP contribution in [0, 0.1) is 0 Å². The number of hydrogen-bond acceptors (Lipinski definition) is 5. The summed E-state index contributed by atoms with van der Waals surface area (Å²) in [5.74, 6) is 1.39. The maximum Gasteiger partial charge on any atom is 0.266 e. The molecule has 0 amide bonds. The lowest BCUT2D eigenvalue weighted by Crippen LogP contribution is -2.22. The van der Waals surface area contributed by atoms with E-state index >= 15 is 0 Å². The van der Waals surface area contributed by atoms with Crippen LogP contribution < -0.4 is 10.3 Å². The lowest BCUT2D eigenvalue weighted by molar-refractivity contribution is 0.200. The molecule has 7 heteroatoms. The maximum atomic E-state index is 13.2. The maximum absolute atomic E-state index is 13.2. The Hall–Kier alpha value is -2.02. The second-order valence-corrected chi connectivity index (χ2v) is 7.06. The Balaban J connectivity index is 2.19. The van der Waals surface area contributed by atoms with E-state index in [2.05, 4.69) is 0 Å². The molecule has 0 aliphatic rings. The van der Waals surface area contributed by atoms with Crippen molar-refractivity contribution in [2.45, 2.75) is 11.6 Å². The van der Waals surface area contributed by atoms with Crippen molar-refractivity contribution >= 4 is 34.3 Å². The summed E-state index contributed by atoms with van der Waals surface area (Å²) in [7, 11) is 3.26. The smallest absolute Gasteiger partial charge is 0.266 e. The number of methoxy groups -OCH3 is 2. The monoisotopic (exact) mass is 390 g/mol. The highest BCUT2D eigenvalue weighted by atomic mass is 35.5. The van der Waals surface area contributed by atoms with E-state index in [1.165, 1.54) is 11.8 Å². The number of fused-ring (bicyclic) bond motifs is 1. The molecule has 0 saturated carbocycles. The third-order valence-corrected chi connectivity index (χ3v) is 5.11. The van der Waals surface area contributed by atoms with Gasteiger partial charge in [-0.05, 0) is 36.8 Å². The Morgan fingerprint density at radius 3 is 2.77 bits per heavy atom. The van der Waals surface area contributed by atoms with Crippen LogP contribution in [0.1, 0.15) is 6.42 Å². The number of para-hydroxylation sites is 2. The lowest BCUT2D eigenvalue weighted by atomic mass is 10.2. The van der Waals surface area contributed by atoms with Gasteiger partial charge in [-0.1, -0.05) is 35.5 Å². The van der Waals surface area contributed by atoms with Gasteiger partial charge in [-0.2, -0.15) is 0 Å². The lowest BCUT2D eigenvalue weighted by Gasteiger charge is -2.15. The average Bonchev–Trinajstić information content (AvgIpc) is 2.65. The molecule has 5 nitrogen and oxygen atoms in total. The molecule has 0 N–H and O–H groups in total. The normalized spacial score (nSPS) is 11.0. The Morgan fingerprint density at radius 2 is 2.00 bits per heavy atom. The minimum absolute atomic E-state index is 0.148. The molecule has 26 heavy (non-hydrogen) atoms. The van der Waals surface area contributed by atoms with Gasteiger partial charge < -0.3 is 9.47 Å². The molecule has 2 aromatic carbocycles. The quantitative estimate of drug-likeness (QED) is 0.344. The molecular weight excluding hydrogens is 372 g/mol. The Bertz CT molecular complexity index is 975. The minimum atomic E-state index is -0.148. The molecule has 0 unspecified atom stereocenters. The molecule has 0 saturated heterocycles. The first kappa shape index (κ1) is 18.8. The highest BCUT2D eigenvalue weighted by Crippen LogP contribution is 2.28. The number of thioether (sulfide) groups is 1.